The average molecular weight is 223 g/mol. The standard InChI is InChI=1S/C12H18FN3/c1-8-6-16(7-12(8)14)9(2)10-3-11(13)5-15-4-10/h3-5,8-9,12H,6-7,14H2,1-2H3. The van der Waals surface area contributed by atoms with Crippen molar-refractivity contribution in [1.82, 2.24) is 9.88 Å². The van der Waals surface area contributed by atoms with E-state index in [0.717, 1.165) is 18.7 Å². The molecule has 2 heterocycles. The highest BCUT2D eigenvalue weighted by Crippen LogP contribution is 2.26. The van der Waals surface area contributed by atoms with Gasteiger partial charge < -0.3 is 5.73 Å². The molecule has 1 saturated heterocycles. The lowest BCUT2D eigenvalue weighted by Crippen LogP contribution is -2.29. The SMILES string of the molecule is CC1CN(C(C)c2cncc(F)c2)CC1N. The van der Waals surface area contributed by atoms with Crippen LogP contribution in [0.15, 0.2) is 18.5 Å². The van der Waals surface area contributed by atoms with Gasteiger partial charge in [-0.15, -0.1) is 0 Å². The molecule has 3 nitrogen and oxygen atoms in total. The van der Waals surface area contributed by atoms with Crippen molar-refractivity contribution in [3.8, 4) is 0 Å². The number of likely N-dealkylation sites (tertiary alicyclic amines) is 1. The molecular weight excluding hydrogens is 205 g/mol. The van der Waals surface area contributed by atoms with Gasteiger partial charge in [-0.05, 0) is 24.5 Å². The summed E-state index contributed by atoms with van der Waals surface area (Å²) in [5.41, 5.74) is 6.90. The zero-order valence-corrected chi connectivity index (χ0v) is 9.73. The Hall–Kier alpha value is -1.00. The Morgan fingerprint density at radius 2 is 2.25 bits per heavy atom. The minimum Gasteiger partial charge on any atom is -0.326 e. The largest absolute Gasteiger partial charge is 0.326 e. The molecule has 0 spiro atoms. The molecule has 3 unspecified atom stereocenters. The molecule has 1 aliphatic rings. The first-order chi connectivity index (χ1) is 7.58. The summed E-state index contributed by atoms with van der Waals surface area (Å²) < 4.78 is 13.1. The average Bonchev–Trinajstić information content (AvgIpc) is 2.58. The Balaban J connectivity index is 2.11. The van der Waals surface area contributed by atoms with E-state index in [2.05, 4.69) is 23.7 Å². The molecule has 0 amide bonds. The van der Waals surface area contributed by atoms with Gasteiger partial charge in [0.2, 0.25) is 0 Å². The van der Waals surface area contributed by atoms with Gasteiger partial charge in [-0.2, -0.15) is 0 Å². The van der Waals surface area contributed by atoms with Crippen LogP contribution in [0.2, 0.25) is 0 Å². The van der Waals surface area contributed by atoms with Crippen molar-refractivity contribution < 1.29 is 4.39 Å². The van der Waals surface area contributed by atoms with Crippen LogP contribution in [0, 0.1) is 11.7 Å². The zero-order chi connectivity index (χ0) is 11.7. The number of nitrogens with zero attached hydrogens (tertiary/aromatic N) is 2. The maximum absolute atomic E-state index is 13.1. The van der Waals surface area contributed by atoms with Crippen LogP contribution < -0.4 is 5.73 Å². The molecule has 2 rings (SSSR count). The van der Waals surface area contributed by atoms with Crippen LogP contribution in [-0.4, -0.2) is 29.0 Å². The van der Waals surface area contributed by atoms with E-state index in [0.29, 0.717) is 5.92 Å². The fourth-order valence-corrected chi connectivity index (χ4v) is 2.21. The number of nitrogens with two attached hydrogens (primary N) is 1. The van der Waals surface area contributed by atoms with Crippen molar-refractivity contribution in [2.45, 2.75) is 25.9 Å². The molecular formula is C12H18FN3. The third kappa shape index (κ3) is 2.23. The molecule has 0 saturated carbocycles. The molecule has 3 atom stereocenters. The van der Waals surface area contributed by atoms with Gasteiger partial charge >= 0.3 is 0 Å². The van der Waals surface area contributed by atoms with Crippen molar-refractivity contribution in [3.05, 3.63) is 29.8 Å². The van der Waals surface area contributed by atoms with E-state index in [1.54, 1.807) is 12.3 Å². The topological polar surface area (TPSA) is 42.2 Å². The van der Waals surface area contributed by atoms with Crippen LogP contribution in [0.1, 0.15) is 25.5 Å². The second-order valence-electron chi connectivity index (χ2n) is 4.71. The first-order valence-electron chi connectivity index (χ1n) is 5.68. The van der Waals surface area contributed by atoms with Gasteiger partial charge in [0, 0.05) is 31.4 Å². The van der Waals surface area contributed by atoms with Crippen LogP contribution in [0.3, 0.4) is 0 Å². The number of halogens is 1. The summed E-state index contributed by atoms with van der Waals surface area (Å²) in [6.45, 7) is 6.07. The zero-order valence-electron chi connectivity index (χ0n) is 9.73. The number of aromatic nitrogens is 1. The van der Waals surface area contributed by atoms with Gasteiger partial charge in [-0.3, -0.25) is 9.88 Å². The third-order valence-electron chi connectivity index (χ3n) is 3.45. The maximum Gasteiger partial charge on any atom is 0.141 e. The lowest BCUT2D eigenvalue weighted by Gasteiger charge is -2.24. The number of rotatable bonds is 2. The minimum absolute atomic E-state index is 0.180. The fourth-order valence-electron chi connectivity index (χ4n) is 2.21. The predicted molar refractivity (Wildman–Crippen MR) is 61.3 cm³/mol. The smallest absolute Gasteiger partial charge is 0.141 e. The Morgan fingerprint density at radius 3 is 2.81 bits per heavy atom. The Morgan fingerprint density at radius 1 is 1.50 bits per heavy atom. The van der Waals surface area contributed by atoms with E-state index in [1.807, 2.05) is 0 Å². The number of hydrogen-bond donors (Lipinski definition) is 1. The van der Waals surface area contributed by atoms with Crippen LogP contribution in [-0.2, 0) is 0 Å². The molecule has 0 aromatic carbocycles. The van der Waals surface area contributed by atoms with Gasteiger partial charge in [-0.25, -0.2) is 4.39 Å². The van der Waals surface area contributed by atoms with E-state index < -0.39 is 0 Å². The van der Waals surface area contributed by atoms with Crippen LogP contribution in [0.25, 0.3) is 0 Å². The van der Waals surface area contributed by atoms with Crippen LogP contribution >= 0.6 is 0 Å². The molecule has 1 fully saturated rings. The van der Waals surface area contributed by atoms with E-state index in [-0.39, 0.29) is 17.9 Å². The van der Waals surface area contributed by atoms with E-state index >= 15 is 0 Å². The summed E-state index contributed by atoms with van der Waals surface area (Å²) >= 11 is 0. The summed E-state index contributed by atoms with van der Waals surface area (Å²) in [4.78, 5) is 6.17. The normalized spacial score (nSPS) is 28.2. The van der Waals surface area contributed by atoms with Gasteiger partial charge in [-0.1, -0.05) is 6.92 Å². The second kappa shape index (κ2) is 4.47. The van der Waals surface area contributed by atoms with Crippen molar-refractivity contribution in [2.75, 3.05) is 13.1 Å². The van der Waals surface area contributed by atoms with Gasteiger partial charge in [0.1, 0.15) is 5.82 Å². The third-order valence-corrected chi connectivity index (χ3v) is 3.45. The lowest BCUT2D eigenvalue weighted by molar-refractivity contribution is 0.252. The molecule has 88 valence electrons. The van der Waals surface area contributed by atoms with Crippen molar-refractivity contribution in [3.63, 3.8) is 0 Å². The van der Waals surface area contributed by atoms with Crippen LogP contribution in [0.5, 0.6) is 0 Å². The number of hydrogen-bond acceptors (Lipinski definition) is 3. The van der Waals surface area contributed by atoms with Crippen molar-refractivity contribution >= 4 is 0 Å². The monoisotopic (exact) mass is 223 g/mol. The molecule has 1 aromatic rings. The number of pyridine rings is 1. The van der Waals surface area contributed by atoms with Gasteiger partial charge in [0.25, 0.3) is 0 Å². The molecule has 0 aliphatic carbocycles. The summed E-state index contributed by atoms with van der Waals surface area (Å²) in [6.07, 6.45) is 2.96. The molecule has 16 heavy (non-hydrogen) atoms. The fraction of sp³-hybridized carbons (Fsp3) is 0.583. The molecule has 1 aliphatic heterocycles. The highest BCUT2D eigenvalue weighted by Gasteiger charge is 2.30. The van der Waals surface area contributed by atoms with E-state index in [1.165, 1.54) is 6.20 Å². The molecule has 0 bridgehead atoms. The van der Waals surface area contributed by atoms with E-state index in [4.69, 9.17) is 5.73 Å². The van der Waals surface area contributed by atoms with Crippen molar-refractivity contribution in [2.24, 2.45) is 11.7 Å². The second-order valence-corrected chi connectivity index (χ2v) is 4.71. The molecule has 2 N–H and O–H groups in total. The molecule has 1 aromatic heterocycles. The lowest BCUT2D eigenvalue weighted by atomic mass is 10.1. The summed E-state index contributed by atoms with van der Waals surface area (Å²) in [5.74, 6) is 0.227. The first kappa shape index (κ1) is 11.5. The summed E-state index contributed by atoms with van der Waals surface area (Å²) in [7, 11) is 0. The van der Waals surface area contributed by atoms with Crippen LogP contribution in [0.4, 0.5) is 4.39 Å². The van der Waals surface area contributed by atoms with Gasteiger partial charge in [0.15, 0.2) is 0 Å². The quantitative estimate of drug-likeness (QED) is 0.827. The predicted octanol–water partition coefficient (Wildman–Crippen LogP) is 1.56. The highest BCUT2D eigenvalue weighted by atomic mass is 19.1. The Bertz CT molecular complexity index is 359. The molecule has 4 heteroatoms. The minimum atomic E-state index is -0.277. The highest BCUT2D eigenvalue weighted by molar-refractivity contribution is 5.15. The van der Waals surface area contributed by atoms with Gasteiger partial charge in [0.05, 0.1) is 6.20 Å². The molecule has 0 radical (unpaired) electrons. The van der Waals surface area contributed by atoms with Crippen molar-refractivity contribution in [1.29, 1.82) is 0 Å². The Kier molecular flexibility index (Phi) is 3.21. The summed E-state index contributed by atoms with van der Waals surface area (Å²) in [5, 5.41) is 0. The maximum atomic E-state index is 13.1. The first-order valence-corrected chi connectivity index (χ1v) is 5.68. The van der Waals surface area contributed by atoms with E-state index in [9.17, 15) is 4.39 Å². The summed E-state index contributed by atoms with van der Waals surface area (Å²) in [6, 6.07) is 1.95. The Labute approximate surface area is 95.5 Å².